The van der Waals surface area contributed by atoms with Gasteiger partial charge in [-0.2, -0.15) is 0 Å². The highest BCUT2D eigenvalue weighted by molar-refractivity contribution is 5.89. The predicted octanol–water partition coefficient (Wildman–Crippen LogP) is 4.84. The summed E-state index contributed by atoms with van der Waals surface area (Å²) in [5.74, 6) is 1.15. The molecule has 0 radical (unpaired) electrons. The first-order valence-corrected chi connectivity index (χ1v) is 10.3. The third kappa shape index (κ3) is 3.35. The van der Waals surface area contributed by atoms with Gasteiger partial charge >= 0.3 is 0 Å². The lowest BCUT2D eigenvalue weighted by molar-refractivity contribution is -0.122. The summed E-state index contributed by atoms with van der Waals surface area (Å²) in [7, 11) is 0. The second-order valence-corrected chi connectivity index (χ2v) is 7.65. The monoisotopic (exact) mass is 384 g/mol. The molecular formula is C25H24N2O2. The Morgan fingerprint density at radius 1 is 0.862 bits per heavy atom. The van der Waals surface area contributed by atoms with E-state index in [1.54, 1.807) is 0 Å². The summed E-state index contributed by atoms with van der Waals surface area (Å²) in [6, 6.07) is 24.0. The summed E-state index contributed by atoms with van der Waals surface area (Å²) in [6.45, 7) is 2.70. The Morgan fingerprint density at radius 3 is 2.14 bits per heavy atom. The molecule has 2 heterocycles. The summed E-state index contributed by atoms with van der Waals surface area (Å²) in [6.07, 6.45) is 2.46. The summed E-state index contributed by atoms with van der Waals surface area (Å²) in [5, 5.41) is 3.19. The van der Waals surface area contributed by atoms with Crippen LogP contribution in [0.25, 0.3) is 0 Å². The second-order valence-electron chi connectivity index (χ2n) is 7.65. The van der Waals surface area contributed by atoms with Crippen LogP contribution < -0.4 is 15.0 Å². The van der Waals surface area contributed by atoms with Gasteiger partial charge in [-0.05, 0) is 36.6 Å². The van der Waals surface area contributed by atoms with Crippen LogP contribution in [0.2, 0.25) is 0 Å². The Balaban J connectivity index is 1.41. The van der Waals surface area contributed by atoms with Crippen LogP contribution in [0.1, 0.15) is 35.4 Å². The molecule has 0 atom stereocenters. The number of nitrogens with zero attached hydrogens (tertiary/aromatic N) is 1. The van der Waals surface area contributed by atoms with E-state index in [4.69, 9.17) is 4.74 Å². The number of fused-ring (bicyclic) bond motifs is 2. The highest BCUT2D eigenvalue weighted by Gasteiger charge is 2.32. The van der Waals surface area contributed by atoms with Gasteiger partial charge < -0.3 is 15.0 Å². The Hall–Kier alpha value is -3.27. The van der Waals surface area contributed by atoms with Gasteiger partial charge in [0.25, 0.3) is 0 Å². The van der Waals surface area contributed by atoms with Crippen LogP contribution in [-0.4, -0.2) is 19.0 Å². The third-order valence-electron chi connectivity index (χ3n) is 5.83. The summed E-state index contributed by atoms with van der Waals surface area (Å²) >= 11 is 0. The Morgan fingerprint density at radius 2 is 1.45 bits per heavy atom. The number of amides is 1. The van der Waals surface area contributed by atoms with Crippen LogP contribution in [0.3, 0.4) is 0 Å². The first kappa shape index (κ1) is 17.8. The van der Waals surface area contributed by atoms with Crippen molar-refractivity contribution >= 4 is 11.6 Å². The van der Waals surface area contributed by atoms with Crippen LogP contribution in [-0.2, 0) is 11.3 Å². The Labute approximate surface area is 171 Å². The van der Waals surface area contributed by atoms with Gasteiger partial charge in [-0.25, -0.2) is 0 Å². The lowest BCUT2D eigenvalue weighted by atomic mass is 9.87. The van der Waals surface area contributed by atoms with Gasteiger partial charge in [0.05, 0.1) is 5.92 Å². The molecule has 0 aromatic heterocycles. The van der Waals surface area contributed by atoms with Gasteiger partial charge in [-0.1, -0.05) is 54.6 Å². The van der Waals surface area contributed by atoms with Crippen molar-refractivity contribution in [2.24, 2.45) is 0 Å². The van der Waals surface area contributed by atoms with Crippen LogP contribution >= 0.6 is 0 Å². The fraction of sp³-hybridized carbons (Fsp3) is 0.240. The van der Waals surface area contributed by atoms with E-state index in [0.717, 1.165) is 41.3 Å². The largest absolute Gasteiger partial charge is 0.457 e. The van der Waals surface area contributed by atoms with E-state index < -0.39 is 0 Å². The molecule has 5 rings (SSSR count). The van der Waals surface area contributed by atoms with Gasteiger partial charge in [0.15, 0.2) is 0 Å². The molecule has 2 aliphatic rings. The van der Waals surface area contributed by atoms with E-state index in [0.29, 0.717) is 6.54 Å². The molecule has 1 fully saturated rings. The van der Waals surface area contributed by atoms with Crippen molar-refractivity contribution < 1.29 is 9.53 Å². The molecule has 1 N–H and O–H groups in total. The lowest BCUT2D eigenvalue weighted by Crippen LogP contribution is -2.32. The second kappa shape index (κ2) is 7.63. The number of hydrogen-bond donors (Lipinski definition) is 1. The minimum absolute atomic E-state index is 0.00410. The lowest BCUT2D eigenvalue weighted by Gasteiger charge is -2.28. The maximum absolute atomic E-state index is 13.3. The van der Waals surface area contributed by atoms with Crippen molar-refractivity contribution in [1.82, 2.24) is 5.32 Å². The number of para-hydroxylation sites is 3. The van der Waals surface area contributed by atoms with E-state index in [1.807, 2.05) is 54.6 Å². The van der Waals surface area contributed by atoms with Gasteiger partial charge in [0.1, 0.15) is 11.5 Å². The summed E-state index contributed by atoms with van der Waals surface area (Å²) < 4.78 is 6.02. The van der Waals surface area contributed by atoms with E-state index in [2.05, 4.69) is 28.4 Å². The van der Waals surface area contributed by atoms with Gasteiger partial charge in [0, 0.05) is 36.4 Å². The summed E-state index contributed by atoms with van der Waals surface area (Å²) in [5.41, 5.74) is 4.22. The quantitative estimate of drug-likeness (QED) is 0.700. The van der Waals surface area contributed by atoms with Crippen LogP contribution in [0, 0.1) is 0 Å². The van der Waals surface area contributed by atoms with Gasteiger partial charge in [0.2, 0.25) is 5.91 Å². The van der Waals surface area contributed by atoms with E-state index in [1.165, 1.54) is 18.5 Å². The molecule has 0 unspecified atom stereocenters. The zero-order valence-electron chi connectivity index (χ0n) is 16.3. The van der Waals surface area contributed by atoms with Crippen LogP contribution in [0.15, 0.2) is 72.8 Å². The highest BCUT2D eigenvalue weighted by atomic mass is 16.5. The predicted molar refractivity (Wildman–Crippen MR) is 115 cm³/mol. The first-order valence-electron chi connectivity index (χ1n) is 10.3. The van der Waals surface area contributed by atoms with Gasteiger partial charge in [-0.15, -0.1) is 0 Å². The fourth-order valence-electron chi connectivity index (χ4n) is 4.40. The van der Waals surface area contributed by atoms with Crippen molar-refractivity contribution in [3.05, 3.63) is 89.5 Å². The first-order chi connectivity index (χ1) is 14.3. The number of rotatable bonds is 4. The van der Waals surface area contributed by atoms with Crippen molar-refractivity contribution in [3.8, 4) is 11.5 Å². The zero-order chi connectivity index (χ0) is 19.6. The highest BCUT2D eigenvalue weighted by Crippen LogP contribution is 2.43. The molecule has 146 valence electrons. The minimum Gasteiger partial charge on any atom is -0.457 e. The average molecular weight is 384 g/mol. The number of hydrogen-bond acceptors (Lipinski definition) is 3. The molecule has 0 aliphatic carbocycles. The summed E-state index contributed by atoms with van der Waals surface area (Å²) in [4.78, 5) is 15.8. The molecule has 2 aliphatic heterocycles. The van der Waals surface area contributed by atoms with Crippen molar-refractivity contribution in [3.63, 3.8) is 0 Å². The number of carbonyl (C=O) groups excluding carboxylic acids is 1. The van der Waals surface area contributed by atoms with E-state index in [9.17, 15) is 4.79 Å². The molecule has 0 spiro atoms. The number of ether oxygens (including phenoxy) is 1. The minimum atomic E-state index is -0.366. The maximum atomic E-state index is 13.3. The fourth-order valence-corrected chi connectivity index (χ4v) is 4.40. The molecule has 0 saturated carbocycles. The van der Waals surface area contributed by atoms with E-state index in [-0.39, 0.29) is 11.8 Å². The number of carbonyl (C=O) groups is 1. The molecule has 0 bridgehead atoms. The number of benzene rings is 3. The van der Waals surface area contributed by atoms with Crippen molar-refractivity contribution in [1.29, 1.82) is 0 Å². The van der Waals surface area contributed by atoms with Crippen molar-refractivity contribution in [2.45, 2.75) is 25.3 Å². The molecule has 1 amide bonds. The van der Waals surface area contributed by atoms with Crippen LogP contribution in [0.5, 0.6) is 11.5 Å². The average Bonchev–Trinajstić information content (AvgIpc) is 3.31. The molecule has 29 heavy (non-hydrogen) atoms. The van der Waals surface area contributed by atoms with E-state index >= 15 is 0 Å². The third-order valence-corrected chi connectivity index (χ3v) is 5.83. The smallest absolute Gasteiger partial charge is 0.232 e. The zero-order valence-corrected chi connectivity index (χ0v) is 16.3. The van der Waals surface area contributed by atoms with Crippen molar-refractivity contribution in [2.75, 3.05) is 18.0 Å². The molecule has 3 aromatic carbocycles. The number of anilines is 1. The SMILES string of the molecule is O=C(NCc1ccccc1N1CCCC1)C1c2ccccc2Oc2ccccc21. The number of nitrogens with one attached hydrogen (secondary N) is 1. The molecule has 3 aromatic rings. The molecular weight excluding hydrogens is 360 g/mol. The molecule has 4 nitrogen and oxygen atoms in total. The van der Waals surface area contributed by atoms with Gasteiger partial charge in [-0.3, -0.25) is 4.79 Å². The Bertz CT molecular complexity index is 995. The Kier molecular flexibility index (Phi) is 4.68. The normalized spacial score (nSPS) is 15.4. The van der Waals surface area contributed by atoms with Crippen LogP contribution in [0.4, 0.5) is 5.69 Å². The standard InChI is InChI=1S/C25H24N2O2/c28-25(26-17-18-9-1-4-12-21(18)27-15-7-8-16-27)24-19-10-2-5-13-22(19)29-23-14-6-3-11-20(23)24/h1-6,9-14,24H,7-8,15-17H2,(H,26,28). The molecule has 4 heteroatoms. The molecule has 1 saturated heterocycles. The maximum Gasteiger partial charge on any atom is 0.232 e. The topological polar surface area (TPSA) is 41.6 Å².